The number of benzene rings is 1. The van der Waals surface area contributed by atoms with Crippen molar-refractivity contribution in [2.75, 3.05) is 11.9 Å². The Balaban J connectivity index is 2.82. The largest absolute Gasteiger partial charge is 0.482 e. The highest BCUT2D eigenvalue weighted by molar-refractivity contribution is 5.98. The molecule has 0 aromatic heterocycles. The van der Waals surface area contributed by atoms with Gasteiger partial charge in [0, 0.05) is 0 Å². The average Bonchev–Trinajstić information content (AvgIpc) is 2.36. The normalized spacial score (nSPS) is 14.4. The standard InChI is InChI=1S/C14H19F3N2O2/c1-3-8-13(2,18)12(20)19-10-6-4-5-7-11(10)21-9-14(15,16)17/h4-7H,3,8-9,18H2,1-2H3,(H,19,20). The van der Waals surface area contributed by atoms with Gasteiger partial charge >= 0.3 is 6.18 Å². The van der Waals surface area contributed by atoms with Crippen molar-refractivity contribution in [3.05, 3.63) is 24.3 Å². The molecule has 1 aromatic carbocycles. The smallest absolute Gasteiger partial charge is 0.422 e. The fourth-order valence-corrected chi connectivity index (χ4v) is 1.75. The van der Waals surface area contributed by atoms with E-state index in [0.29, 0.717) is 12.8 Å². The first-order chi connectivity index (χ1) is 9.65. The van der Waals surface area contributed by atoms with Gasteiger partial charge < -0.3 is 15.8 Å². The van der Waals surface area contributed by atoms with Gasteiger partial charge in [-0.15, -0.1) is 0 Å². The summed E-state index contributed by atoms with van der Waals surface area (Å²) in [5.41, 5.74) is 4.95. The van der Waals surface area contributed by atoms with Gasteiger partial charge in [0.25, 0.3) is 0 Å². The van der Waals surface area contributed by atoms with E-state index >= 15 is 0 Å². The highest BCUT2D eigenvalue weighted by Crippen LogP contribution is 2.27. The third kappa shape index (κ3) is 5.63. The predicted octanol–water partition coefficient (Wildman–Crippen LogP) is 3.08. The molecule has 0 saturated carbocycles. The van der Waals surface area contributed by atoms with Crippen LogP contribution >= 0.6 is 0 Å². The van der Waals surface area contributed by atoms with Crippen LogP contribution in [-0.2, 0) is 4.79 Å². The van der Waals surface area contributed by atoms with Crippen molar-refractivity contribution in [1.82, 2.24) is 0 Å². The molecule has 1 unspecified atom stereocenters. The van der Waals surface area contributed by atoms with E-state index in [2.05, 4.69) is 5.32 Å². The van der Waals surface area contributed by atoms with Crippen LogP contribution in [0.1, 0.15) is 26.7 Å². The number of halogens is 3. The number of carbonyl (C=O) groups is 1. The van der Waals surface area contributed by atoms with Crippen LogP contribution in [-0.4, -0.2) is 24.2 Å². The zero-order chi connectivity index (χ0) is 16.1. The maximum atomic E-state index is 12.2. The van der Waals surface area contributed by atoms with Gasteiger partial charge in [-0.05, 0) is 25.5 Å². The van der Waals surface area contributed by atoms with E-state index in [1.54, 1.807) is 13.0 Å². The van der Waals surface area contributed by atoms with E-state index in [9.17, 15) is 18.0 Å². The third-order valence-corrected chi connectivity index (χ3v) is 2.81. The quantitative estimate of drug-likeness (QED) is 0.849. The van der Waals surface area contributed by atoms with Crippen molar-refractivity contribution < 1.29 is 22.7 Å². The van der Waals surface area contributed by atoms with Gasteiger partial charge in [0.15, 0.2) is 6.61 Å². The maximum absolute atomic E-state index is 12.2. The lowest BCUT2D eigenvalue weighted by Crippen LogP contribution is -2.48. The van der Waals surface area contributed by atoms with E-state index in [-0.39, 0.29) is 11.4 Å². The summed E-state index contributed by atoms with van der Waals surface area (Å²) in [6, 6.07) is 5.93. The maximum Gasteiger partial charge on any atom is 0.422 e. The van der Waals surface area contributed by atoms with Crippen LogP contribution in [0.2, 0.25) is 0 Å². The summed E-state index contributed by atoms with van der Waals surface area (Å²) in [4.78, 5) is 12.1. The average molecular weight is 304 g/mol. The number of amides is 1. The topological polar surface area (TPSA) is 64.4 Å². The lowest BCUT2D eigenvalue weighted by atomic mass is 9.96. The number of nitrogens with one attached hydrogen (secondary N) is 1. The van der Waals surface area contributed by atoms with Crippen LogP contribution in [0.15, 0.2) is 24.3 Å². The molecule has 1 atom stereocenters. The zero-order valence-corrected chi connectivity index (χ0v) is 12.0. The summed E-state index contributed by atoms with van der Waals surface area (Å²) in [6.07, 6.45) is -3.27. The SMILES string of the molecule is CCCC(C)(N)C(=O)Nc1ccccc1OCC(F)(F)F. The number of ether oxygens (including phenoxy) is 1. The molecule has 0 fully saturated rings. The van der Waals surface area contributed by atoms with Crippen molar-refractivity contribution in [3.8, 4) is 5.75 Å². The molecule has 4 nitrogen and oxygen atoms in total. The number of nitrogens with two attached hydrogens (primary N) is 1. The van der Waals surface area contributed by atoms with Gasteiger partial charge in [-0.25, -0.2) is 0 Å². The molecule has 0 bridgehead atoms. The summed E-state index contributed by atoms with van der Waals surface area (Å²) >= 11 is 0. The Morgan fingerprint density at radius 3 is 2.52 bits per heavy atom. The van der Waals surface area contributed by atoms with Crippen LogP contribution in [0.25, 0.3) is 0 Å². The lowest BCUT2D eigenvalue weighted by Gasteiger charge is -2.23. The van der Waals surface area contributed by atoms with Crippen molar-refractivity contribution in [1.29, 1.82) is 0 Å². The van der Waals surface area contributed by atoms with Crippen molar-refractivity contribution >= 4 is 11.6 Å². The first-order valence-corrected chi connectivity index (χ1v) is 6.54. The molecule has 0 aliphatic rings. The van der Waals surface area contributed by atoms with Crippen molar-refractivity contribution in [2.45, 2.75) is 38.4 Å². The molecule has 21 heavy (non-hydrogen) atoms. The molecule has 1 rings (SSSR count). The molecule has 1 aromatic rings. The number of anilines is 1. The Morgan fingerprint density at radius 2 is 1.95 bits per heavy atom. The first kappa shape index (κ1) is 17.3. The fraction of sp³-hybridized carbons (Fsp3) is 0.500. The second-order valence-corrected chi connectivity index (χ2v) is 5.02. The molecule has 3 N–H and O–H groups in total. The molecule has 0 saturated heterocycles. The Labute approximate surface area is 121 Å². The molecule has 0 spiro atoms. The molecule has 0 aliphatic heterocycles. The second kappa shape index (κ2) is 6.80. The Bertz CT molecular complexity index is 487. The Morgan fingerprint density at radius 1 is 1.33 bits per heavy atom. The van der Waals surface area contributed by atoms with Crippen LogP contribution in [0.5, 0.6) is 5.75 Å². The van der Waals surface area contributed by atoms with Gasteiger partial charge in [-0.2, -0.15) is 13.2 Å². The number of alkyl halides is 3. The number of para-hydroxylation sites is 2. The third-order valence-electron chi connectivity index (χ3n) is 2.81. The van der Waals surface area contributed by atoms with Crippen LogP contribution in [0.3, 0.4) is 0 Å². The minimum absolute atomic E-state index is 0.0459. The highest BCUT2D eigenvalue weighted by atomic mass is 19.4. The van der Waals surface area contributed by atoms with Gasteiger partial charge in [0.2, 0.25) is 5.91 Å². The fourth-order valence-electron chi connectivity index (χ4n) is 1.75. The first-order valence-electron chi connectivity index (χ1n) is 6.54. The summed E-state index contributed by atoms with van der Waals surface area (Å²) in [7, 11) is 0. The Hall–Kier alpha value is -1.76. The summed E-state index contributed by atoms with van der Waals surface area (Å²) in [6.45, 7) is 2.04. The monoisotopic (exact) mass is 304 g/mol. The predicted molar refractivity (Wildman–Crippen MR) is 74.1 cm³/mol. The molecule has 0 heterocycles. The molecule has 118 valence electrons. The van der Waals surface area contributed by atoms with Crippen molar-refractivity contribution in [3.63, 3.8) is 0 Å². The Kier molecular flexibility index (Phi) is 5.60. The molecular weight excluding hydrogens is 285 g/mol. The van der Waals surface area contributed by atoms with Crippen LogP contribution < -0.4 is 15.8 Å². The minimum atomic E-state index is -4.44. The summed E-state index contributed by atoms with van der Waals surface area (Å²) in [5.74, 6) is -0.511. The number of hydrogen-bond donors (Lipinski definition) is 2. The lowest BCUT2D eigenvalue weighted by molar-refractivity contribution is -0.153. The second-order valence-electron chi connectivity index (χ2n) is 5.02. The van der Waals surface area contributed by atoms with Crippen LogP contribution in [0.4, 0.5) is 18.9 Å². The van der Waals surface area contributed by atoms with E-state index in [0.717, 1.165) is 0 Å². The number of rotatable bonds is 6. The molecule has 1 amide bonds. The molecular formula is C14H19F3N2O2. The van der Waals surface area contributed by atoms with E-state index in [1.807, 2.05) is 6.92 Å². The van der Waals surface area contributed by atoms with Crippen molar-refractivity contribution in [2.24, 2.45) is 5.73 Å². The van der Waals surface area contributed by atoms with Gasteiger partial charge in [0.1, 0.15) is 5.75 Å². The zero-order valence-electron chi connectivity index (χ0n) is 12.0. The number of carbonyl (C=O) groups excluding carboxylic acids is 1. The molecule has 0 aliphatic carbocycles. The summed E-state index contributed by atoms with van der Waals surface area (Å²) in [5, 5.41) is 2.52. The van der Waals surface area contributed by atoms with E-state index in [4.69, 9.17) is 10.5 Å². The summed E-state index contributed by atoms with van der Waals surface area (Å²) < 4.78 is 41.3. The van der Waals surface area contributed by atoms with E-state index < -0.39 is 24.2 Å². The molecule has 7 heteroatoms. The van der Waals surface area contributed by atoms with Crippen LogP contribution in [0, 0.1) is 0 Å². The number of hydrogen-bond acceptors (Lipinski definition) is 3. The van der Waals surface area contributed by atoms with Gasteiger partial charge in [0.05, 0.1) is 11.2 Å². The van der Waals surface area contributed by atoms with Gasteiger partial charge in [-0.1, -0.05) is 25.5 Å². The highest BCUT2D eigenvalue weighted by Gasteiger charge is 2.30. The minimum Gasteiger partial charge on any atom is -0.482 e. The van der Waals surface area contributed by atoms with E-state index in [1.165, 1.54) is 18.2 Å². The van der Waals surface area contributed by atoms with Gasteiger partial charge in [-0.3, -0.25) is 4.79 Å². The molecule has 0 radical (unpaired) electrons.